The Morgan fingerprint density at radius 2 is 0.422 bits per heavy atom. The van der Waals surface area contributed by atoms with Gasteiger partial charge >= 0.3 is 45.5 Å². The van der Waals surface area contributed by atoms with Gasteiger partial charge in [-0.15, -0.1) is 0 Å². The predicted octanol–water partition coefficient (Wildman–Crippen LogP) is -0.471. The van der Waals surface area contributed by atoms with Crippen molar-refractivity contribution in [2.75, 3.05) is 0 Å². The largest absolute Gasteiger partial charge is 2.00 e. The van der Waals surface area contributed by atoms with Crippen molar-refractivity contribution in [1.29, 1.82) is 0 Å². The average Bonchev–Trinajstić information content (AvgIpc) is 3.80. The van der Waals surface area contributed by atoms with Crippen LogP contribution in [0.3, 0.4) is 0 Å². The normalized spacial score (nSPS) is 11.3. The summed E-state index contributed by atoms with van der Waals surface area (Å²) in [7, 11) is 0. The molecule has 0 aliphatic heterocycles. The second-order valence-corrected chi connectivity index (χ2v) is 12.5. The summed E-state index contributed by atoms with van der Waals surface area (Å²) in [5.74, 6) is 0. The molecular weight excluding hydrogens is 638 g/mol. The van der Waals surface area contributed by atoms with Crippen LogP contribution >= 0.6 is 0 Å². The summed E-state index contributed by atoms with van der Waals surface area (Å²) < 4.78 is 0. The van der Waals surface area contributed by atoms with Crippen molar-refractivity contribution in [2.24, 2.45) is 0 Å². The van der Waals surface area contributed by atoms with Crippen molar-refractivity contribution in [3.05, 3.63) is 68.3 Å². The molecule has 6 aromatic heterocycles. The third-order valence-electron chi connectivity index (χ3n) is 9.81. The van der Waals surface area contributed by atoms with Gasteiger partial charge in [-0.1, -0.05) is 0 Å². The quantitative estimate of drug-likeness (QED) is 0.130. The second-order valence-electron chi connectivity index (χ2n) is 12.5. The number of nitrogens with one attached hydrogen (secondary N) is 6. The summed E-state index contributed by atoms with van der Waals surface area (Å²) in [6.45, 7) is 23.0. The molecule has 6 heterocycles. The van der Waals surface area contributed by atoms with Crippen LogP contribution in [0.1, 0.15) is 68.3 Å². The van der Waals surface area contributed by atoms with E-state index in [9.17, 15) is 0 Å². The Labute approximate surface area is 302 Å². The summed E-state index contributed by atoms with van der Waals surface area (Å²) in [4.78, 5) is 0. The minimum absolute atomic E-state index is 0. The third kappa shape index (κ3) is 6.32. The van der Waals surface area contributed by atoms with Crippen molar-refractivity contribution < 1.29 is 0 Å². The molecule has 0 bridgehead atoms. The summed E-state index contributed by atoms with van der Waals surface area (Å²) in [5.41, 5.74) is 20.8. The van der Waals surface area contributed by atoms with Crippen LogP contribution in [0.4, 0.5) is 0 Å². The SMILES string of the molecule is Cc1n[nH]c(C)c1[BH-](c1c(C)n[nH]c1C)c1c(C)n[nH]c1C.Cc1n[nH]c(C)c1[BH-](c1c(C)n[nH]c1C)c1c(C)n[nH]c1C.[Sr+2]. The van der Waals surface area contributed by atoms with Crippen LogP contribution in [0.5, 0.6) is 0 Å². The molecule has 232 valence electrons. The Morgan fingerprint density at radius 3 is 0.511 bits per heavy atom. The van der Waals surface area contributed by atoms with Gasteiger partial charge in [-0.2, -0.15) is 63.4 Å². The molecule has 0 unspecified atom stereocenters. The van der Waals surface area contributed by atoms with Gasteiger partial charge in [0, 0.05) is 34.2 Å². The molecule has 0 saturated carbocycles. The fraction of sp³-hybridized carbons (Fsp3) is 0.400. The molecule has 0 spiro atoms. The van der Waals surface area contributed by atoms with Crippen LogP contribution in [0.15, 0.2) is 0 Å². The van der Waals surface area contributed by atoms with Crippen LogP contribution in [-0.2, 0) is 0 Å². The van der Waals surface area contributed by atoms with Crippen molar-refractivity contribution in [3.8, 4) is 0 Å². The van der Waals surface area contributed by atoms with Crippen LogP contribution in [0.2, 0.25) is 0 Å². The molecule has 6 rings (SSSR count). The zero-order valence-corrected chi connectivity index (χ0v) is 32.3. The van der Waals surface area contributed by atoms with E-state index in [0.29, 0.717) is 0 Å². The minimum atomic E-state index is -0.976. The van der Waals surface area contributed by atoms with E-state index in [-0.39, 0.29) is 45.5 Å². The average molecular weight is 682 g/mol. The molecule has 0 amide bonds. The van der Waals surface area contributed by atoms with Gasteiger partial charge in [0.05, 0.1) is 13.4 Å². The zero-order valence-electron chi connectivity index (χ0n) is 28.8. The van der Waals surface area contributed by atoms with Crippen LogP contribution in [0, 0.1) is 83.1 Å². The summed E-state index contributed by atoms with van der Waals surface area (Å²) in [5, 5.41) is 45.2. The molecule has 0 saturated heterocycles. The van der Waals surface area contributed by atoms with Gasteiger partial charge in [-0.05, 0) is 117 Å². The van der Waals surface area contributed by atoms with Gasteiger partial charge in [-0.25, -0.2) is 0 Å². The molecule has 15 heteroatoms. The molecule has 0 radical (unpaired) electrons. The molecule has 12 nitrogen and oxygen atoms in total. The van der Waals surface area contributed by atoms with Crippen molar-refractivity contribution in [2.45, 2.75) is 83.1 Å². The minimum Gasteiger partial charge on any atom is -0.286 e. The zero-order chi connectivity index (χ0) is 32.0. The third-order valence-corrected chi connectivity index (χ3v) is 9.81. The van der Waals surface area contributed by atoms with Crippen molar-refractivity contribution in [3.63, 3.8) is 0 Å². The number of aromatic amines is 6. The second kappa shape index (κ2) is 13.7. The summed E-state index contributed by atoms with van der Waals surface area (Å²) >= 11 is 0. The van der Waals surface area contributed by atoms with E-state index in [4.69, 9.17) is 0 Å². The number of H-pyrrole nitrogens is 6. The van der Waals surface area contributed by atoms with Gasteiger partial charge in [0.25, 0.3) is 0 Å². The Hall–Kier alpha value is -3.13. The molecule has 0 fully saturated rings. The molecule has 6 aromatic rings. The summed E-state index contributed by atoms with van der Waals surface area (Å²) in [6, 6.07) is 0. The molecule has 0 aliphatic carbocycles. The van der Waals surface area contributed by atoms with E-state index in [0.717, 1.165) is 68.3 Å². The number of hydrogen-bond donors (Lipinski definition) is 6. The van der Waals surface area contributed by atoms with E-state index < -0.39 is 13.4 Å². The van der Waals surface area contributed by atoms with E-state index in [1.54, 1.807) is 0 Å². The Kier molecular flexibility index (Phi) is 10.6. The molecular formula is C30H44B2N12Sr. The first-order chi connectivity index (χ1) is 20.8. The maximum absolute atomic E-state index is 4.41. The van der Waals surface area contributed by atoms with Gasteiger partial charge in [0.2, 0.25) is 0 Å². The maximum Gasteiger partial charge on any atom is 2.00 e. The molecule has 0 atom stereocenters. The summed E-state index contributed by atoms with van der Waals surface area (Å²) in [6.07, 6.45) is 0. The Balaban J connectivity index is 0.000000200. The Bertz CT molecular complexity index is 1460. The predicted molar refractivity (Wildman–Crippen MR) is 186 cm³/mol. The first-order valence-corrected chi connectivity index (χ1v) is 15.3. The number of hydrogen-bond acceptors (Lipinski definition) is 6. The Morgan fingerprint density at radius 1 is 0.289 bits per heavy atom. The number of rotatable bonds is 6. The topological polar surface area (TPSA) is 172 Å². The standard InChI is InChI=1S/2C15H22BN6.Sr/c2*1-7-13(8(2)18-17-7)16(14-9(3)19-20-10(14)4)15-11(5)21-22-12(15)6;/h2*16H,1-6H3,(H,17,18)(H,19,20)(H,21,22);/q2*-1;+2. The maximum atomic E-state index is 4.41. The van der Waals surface area contributed by atoms with E-state index >= 15 is 0 Å². The molecule has 45 heavy (non-hydrogen) atoms. The first kappa shape index (κ1) is 34.7. The fourth-order valence-corrected chi connectivity index (χ4v) is 7.63. The fourth-order valence-electron chi connectivity index (χ4n) is 7.63. The van der Waals surface area contributed by atoms with Gasteiger partial charge in [0.15, 0.2) is 0 Å². The number of nitrogens with zero attached hydrogens (tertiary/aromatic N) is 6. The monoisotopic (exact) mass is 682 g/mol. The van der Waals surface area contributed by atoms with Gasteiger partial charge < -0.3 is 0 Å². The van der Waals surface area contributed by atoms with Crippen LogP contribution in [-0.4, -0.2) is 120 Å². The molecule has 0 aliphatic rings. The van der Waals surface area contributed by atoms with Crippen LogP contribution < -0.4 is 32.8 Å². The van der Waals surface area contributed by atoms with Gasteiger partial charge in [0.1, 0.15) is 0 Å². The number of aromatic nitrogens is 12. The van der Waals surface area contributed by atoms with E-state index in [1.807, 2.05) is 0 Å². The smallest absolute Gasteiger partial charge is 0.286 e. The number of aryl methyl sites for hydroxylation is 12. The molecule has 0 aromatic carbocycles. The van der Waals surface area contributed by atoms with Crippen molar-refractivity contribution in [1.82, 2.24) is 61.2 Å². The van der Waals surface area contributed by atoms with E-state index in [2.05, 4.69) is 144 Å². The van der Waals surface area contributed by atoms with Gasteiger partial charge in [-0.3, -0.25) is 30.6 Å². The van der Waals surface area contributed by atoms with Crippen LogP contribution in [0.25, 0.3) is 0 Å². The van der Waals surface area contributed by atoms with E-state index in [1.165, 1.54) is 32.8 Å². The first-order valence-electron chi connectivity index (χ1n) is 15.3. The van der Waals surface area contributed by atoms with Crippen molar-refractivity contribution >= 4 is 91.7 Å². The molecule has 6 N–H and O–H groups in total.